The van der Waals surface area contributed by atoms with Gasteiger partial charge in [0.1, 0.15) is 0 Å². The molecular formula is C16H27IN4O2. The highest BCUT2D eigenvalue weighted by molar-refractivity contribution is 14.0. The molecule has 1 aliphatic heterocycles. The van der Waals surface area contributed by atoms with Gasteiger partial charge < -0.3 is 20.1 Å². The molecule has 0 saturated carbocycles. The zero-order valence-electron chi connectivity index (χ0n) is 14.1. The number of guanidine groups is 1. The third-order valence-electron chi connectivity index (χ3n) is 3.70. The predicted octanol–water partition coefficient (Wildman–Crippen LogP) is 2.33. The van der Waals surface area contributed by atoms with Gasteiger partial charge in [-0.25, -0.2) is 9.98 Å². The summed E-state index contributed by atoms with van der Waals surface area (Å²) in [4.78, 5) is 8.71. The van der Waals surface area contributed by atoms with Gasteiger partial charge in [0.25, 0.3) is 0 Å². The van der Waals surface area contributed by atoms with Crippen LogP contribution in [0, 0.1) is 0 Å². The molecular weight excluding hydrogens is 407 g/mol. The van der Waals surface area contributed by atoms with Crippen LogP contribution < -0.4 is 15.4 Å². The van der Waals surface area contributed by atoms with Gasteiger partial charge >= 0.3 is 0 Å². The van der Waals surface area contributed by atoms with Crippen molar-refractivity contribution in [3.63, 3.8) is 0 Å². The Balaban J connectivity index is 0.00000264. The Morgan fingerprint density at radius 2 is 2.30 bits per heavy atom. The molecule has 1 fully saturated rings. The summed E-state index contributed by atoms with van der Waals surface area (Å²) in [6.45, 7) is 7.21. The number of nitrogens with zero attached hydrogens (tertiary/aromatic N) is 2. The van der Waals surface area contributed by atoms with Crippen LogP contribution in [0.2, 0.25) is 0 Å². The van der Waals surface area contributed by atoms with E-state index in [0.717, 1.165) is 44.1 Å². The fourth-order valence-electron chi connectivity index (χ4n) is 2.42. The second-order valence-electron chi connectivity index (χ2n) is 5.66. The largest absolute Gasteiger partial charge is 0.481 e. The molecule has 0 amide bonds. The Hall–Kier alpha value is -1.09. The maximum Gasteiger partial charge on any atom is 0.213 e. The van der Waals surface area contributed by atoms with Crippen LogP contribution in [-0.2, 0) is 11.3 Å². The van der Waals surface area contributed by atoms with Gasteiger partial charge in [-0.15, -0.1) is 24.0 Å². The van der Waals surface area contributed by atoms with Crippen LogP contribution in [0.1, 0.15) is 32.3 Å². The lowest BCUT2D eigenvalue weighted by Crippen LogP contribution is -2.45. The van der Waals surface area contributed by atoms with Crippen molar-refractivity contribution in [1.29, 1.82) is 0 Å². The van der Waals surface area contributed by atoms with E-state index in [0.29, 0.717) is 12.4 Å². The van der Waals surface area contributed by atoms with Crippen LogP contribution in [-0.4, -0.2) is 43.4 Å². The molecule has 23 heavy (non-hydrogen) atoms. The number of methoxy groups -OCH3 is 1. The van der Waals surface area contributed by atoms with E-state index in [4.69, 9.17) is 9.47 Å². The second kappa shape index (κ2) is 9.92. The number of rotatable bonds is 6. The van der Waals surface area contributed by atoms with E-state index in [2.05, 4.69) is 34.5 Å². The van der Waals surface area contributed by atoms with Gasteiger partial charge in [0.2, 0.25) is 5.88 Å². The van der Waals surface area contributed by atoms with Crippen molar-refractivity contribution in [2.24, 2.45) is 4.99 Å². The van der Waals surface area contributed by atoms with Gasteiger partial charge in [0, 0.05) is 32.0 Å². The van der Waals surface area contributed by atoms with E-state index in [1.807, 2.05) is 12.1 Å². The van der Waals surface area contributed by atoms with Gasteiger partial charge in [-0.3, -0.25) is 0 Å². The van der Waals surface area contributed by atoms with Crippen molar-refractivity contribution in [3.05, 3.63) is 23.9 Å². The first-order valence-corrected chi connectivity index (χ1v) is 7.80. The van der Waals surface area contributed by atoms with Crippen LogP contribution in [0.3, 0.4) is 0 Å². The number of halogens is 1. The molecule has 0 bridgehead atoms. The highest BCUT2D eigenvalue weighted by atomic mass is 127. The standard InChI is InChI=1S/C16H26N4O2.HI/c1-4-17-15(20-12-16(2)7-5-9-22-16)19-11-13-6-8-18-14(10-13)21-3;/h6,8,10H,4-5,7,9,11-12H2,1-3H3,(H2,17,19,20);1H. The molecule has 2 heterocycles. The molecule has 1 saturated heterocycles. The second-order valence-corrected chi connectivity index (χ2v) is 5.66. The minimum absolute atomic E-state index is 0. The van der Waals surface area contributed by atoms with E-state index in [-0.39, 0.29) is 29.6 Å². The minimum Gasteiger partial charge on any atom is -0.481 e. The van der Waals surface area contributed by atoms with E-state index in [1.165, 1.54) is 0 Å². The maximum atomic E-state index is 5.79. The smallest absolute Gasteiger partial charge is 0.213 e. The summed E-state index contributed by atoms with van der Waals surface area (Å²) in [6, 6.07) is 3.84. The van der Waals surface area contributed by atoms with Gasteiger partial charge in [-0.1, -0.05) is 0 Å². The molecule has 130 valence electrons. The lowest BCUT2D eigenvalue weighted by molar-refractivity contribution is 0.0243. The molecule has 1 aliphatic rings. The molecule has 0 radical (unpaired) electrons. The number of aliphatic imine (C=N–C) groups is 1. The Morgan fingerprint density at radius 3 is 2.96 bits per heavy atom. The Morgan fingerprint density at radius 1 is 1.48 bits per heavy atom. The average molecular weight is 434 g/mol. The summed E-state index contributed by atoms with van der Waals surface area (Å²) in [5.41, 5.74) is 0.975. The van der Waals surface area contributed by atoms with Crippen molar-refractivity contribution in [2.75, 3.05) is 26.8 Å². The molecule has 2 rings (SSSR count). The molecule has 1 atom stereocenters. The molecule has 1 aromatic heterocycles. The lowest BCUT2D eigenvalue weighted by Gasteiger charge is -2.24. The van der Waals surface area contributed by atoms with Crippen LogP contribution in [0.15, 0.2) is 23.3 Å². The topological polar surface area (TPSA) is 67.8 Å². The molecule has 0 aliphatic carbocycles. The monoisotopic (exact) mass is 434 g/mol. The molecule has 7 heteroatoms. The van der Waals surface area contributed by atoms with E-state index >= 15 is 0 Å². The van der Waals surface area contributed by atoms with Gasteiger partial charge in [-0.05, 0) is 38.3 Å². The zero-order valence-corrected chi connectivity index (χ0v) is 16.4. The molecule has 6 nitrogen and oxygen atoms in total. The highest BCUT2D eigenvalue weighted by Crippen LogP contribution is 2.23. The number of hydrogen-bond acceptors (Lipinski definition) is 4. The Kier molecular flexibility index (Phi) is 8.60. The summed E-state index contributed by atoms with van der Waals surface area (Å²) < 4.78 is 10.9. The highest BCUT2D eigenvalue weighted by Gasteiger charge is 2.29. The van der Waals surface area contributed by atoms with Crippen molar-refractivity contribution < 1.29 is 9.47 Å². The third-order valence-corrected chi connectivity index (χ3v) is 3.70. The van der Waals surface area contributed by atoms with Gasteiger partial charge in [-0.2, -0.15) is 0 Å². The fraction of sp³-hybridized carbons (Fsp3) is 0.625. The quantitative estimate of drug-likeness (QED) is 0.409. The Labute approximate surface area is 155 Å². The van der Waals surface area contributed by atoms with Crippen LogP contribution in [0.5, 0.6) is 5.88 Å². The summed E-state index contributed by atoms with van der Waals surface area (Å²) in [6.07, 6.45) is 3.95. The summed E-state index contributed by atoms with van der Waals surface area (Å²) in [5, 5.41) is 6.63. The molecule has 1 unspecified atom stereocenters. The number of nitrogens with one attached hydrogen (secondary N) is 2. The molecule has 1 aromatic rings. The number of hydrogen-bond donors (Lipinski definition) is 2. The zero-order chi connectivity index (χ0) is 15.8. The third kappa shape index (κ3) is 6.50. The number of pyridine rings is 1. The van der Waals surface area contributed by atoms with Crippen molar-refractivity contribution in [2.45, 2.75) is 38.8 Å². The maximum absolute atomic E-state index is 5.79. The molecule has 2 N–H and O–H groups in total. The first-order valence-electron chi connectivity index (χ1n) is 7.80. The van der Waals surface area contributed by atoms with Crippen molar-refractivity contribution in [3.8, 4) is 5.88 Å². The first kappa shape index (κ1) is 20.0. The number of ether oxygens (including phenoxy) is 2. The number of aromatic nitrogens is 1. The van der Waals surface area contributed by atoms with Crippen molar-refractivity contribution in [1.82, 2.24) is 15.6 Å². The van der Waals surface area contributed by atoms with Gasteiger partial charge in [0.05, 0.1) is 19.3 Å². The lowest BCUT2D eigenvalue weighted by atomic mass is 10.0. The summed E-state index contributed by atoms with van der Waals surface area (Å²) in [7, 11) is 1.61. The van der Waals surface area contributed by atoms with E-state index in [9.17, 15) is 0 Å². The SMILES string of the molecule is CCNC(=NCc1ccnc(OC)c1)NCC1(C)CCCO1.I. The van der Waals surface area contributed by atoms with Gasteiger partial charge in [0.15, 0.2) is 5.96 Å². The normalized spacial score (nSPS) is 20.7. The van der Waals surface area contributed by atoms with E-state index < -0.39 is 0 Å². The fourth-order valence-corrected chi connectivity index (χ4v) is 2.42. The molecule has 0 aromatic carbocycles. The van der Waals surface area contributed by atoms with Crippen LogP contribution in [0.4, 0.5) is 0 Å². The molecule has 0 spiro atoms. The average Bonchev–Trinajstić information content (AvgIpc) is 2.97. The minimum atomic E-state index is -0.0872. The summed E-state index contributed by atoms with van der Waals surface area (Å²) >= 11 is 0. The van der Waals surface area contributed by atoms with Crippen LogP contribution in [0.25, 0.3) is 0 Å². The first-order chi connectivity index (χ1) is 10.6. The van der Waals surface area contributed by atoms with Crippen LogP contribution >= 0.6 is 24.0 Å². The van der Waals surface area contributed by atoms with E-state index in [1.54, 1.807) is 13.3 Å². The Bertz CT molecular complexity index is 505. The summed E-state index contributed by atoms with van der Waals surface area (Å²) in [5.74, 6) is 1.41. The predicted molar refractivity (Wildman–Crippen MR) is 103 cm³/mol. The van der Waals surface area contributed by atoms with Crippen molar-refractivity contribution >= 4 is 29.9 Å².